The second kappa shape index (κ2) is 14.4. The van der Waals surface area contributed by atoms with Gasteiger partial charge in [-0.25, -0.2) is 0 Å². The van der Waals surface area contributed by atoms with Gasteiger partial charge >= 0.3 is 0 Å². The Kier molecular flexibility index (Phi) is 14.0. The van der Waals surface area contributed by atoms with Crippen molar-refractivity contribution < 1.29 is 0 Å². The van der Waals surface area contributed by atoms with Crippen LogP contribution in [0.2, 0.25) is 0 Å². The van der Waals surface area contributed by atoms with Gasteiger partial charge in [0.15, 0.2) is 0 Å². The van der Waals surface area contributed by atoms with Crippen molar-refractivity contribution in [2.75, 3.05) is 0 Å². The molecule has 1 rings (SSSR count). The van der Waals surface area contributed by atoms with E-state index in [0.29, 0.717) is 5.92 Å². The highest BCUT2D eigenvalue weighted by Crippen LogP contribution is 2.21. The van der Waals surface area contributed by atoms with Crippen LogP contribution in [0.25, 0.3) is 0 Å². The van der Waals surface area contributed by atoms with Gasteiger partial charge in [0.25, 0.3) is 0 Å². The van der Waals surface area contributed by atoms with Crippen LogP contribution < -0.4 is 0 Å². The quantitative estimate of drug-likeness (QED) is 0.382. The van der Waals surface area contributed by atoms with E-state index >= 15 is 0 Å². The summed E-state index contributed by atoms with van der Waals surface area (Å²) in [5.74, 6) is 0.687. The fraction of sp³-hybridized carbons (Fsp3) is 0.737. The number of hydrogen-bond donors (Lipinski definition) is 0. The van der Waals surface area contributed by atoms with Crippen LogP contribution in [0.3, 0.4) is 0 Å². The molecule has 1 aromatic rings. The average Bonchev–Trinajstić information content (AvgIpc) is 2.50. The Morgan fingerprint density at radius 3 is 1.81 bits per heavy atom. The Hall–Kier alpha value is -0.560. The first-order valence-corrected chi connectivity index (χ1v) is 8.74. The lowest BCUT2D eigenvalue weighted by molar-refractivity contribution is 0.534. The molecule has 1 nitrogen and oxygen atoms in total. The van der Waals surface area contributed by atoms with Gasteiger partial charge in [-0.15, -0.1) is 12.4 Å². The lowest BCUT2D eigenvalue weighted by Gasteiger charge is -2.11. The largest absolute Gasteiger partial charge is 0.265 e. The monoisotopic (exact) mass is 311 g/mol. The molecule has 0 aromatic carbocycles. The predicted octanol–water partition coefficient (Wildman–Crippen LogP) is 6.92. The van der Waals surface area contributed by atoms with E-state index in [1.807, 2.05) is 12.4 Å². The van der Waals surface area contributed by atoms with Crippen molar-refractivity contribution in [3.05, 3.63) is 30.1 Å². The Labute approximate surface area is 138 Å². The van der Waals surface area contributed by atoms with Crippen LogP contribution in [0.15, 0.2) is 24.5 Å². The van der Waals surface area contributed by atoms with E-state index in [0.717, 1.165) is 0 Å². The third-order valence-electron chi connectivity index (χ3n) is 4.27. The molecule has 1 aromatic heterocycles. The minimum atomic E-state index is 0. The van der Waals surface area contributed by atoms with E-state index in [9.17, 15) is 0 Å². The van der Waals surface area contributed by atoms with E-state index in [4.69, 9.17) is 0 Å². The molecule has 21 heavy (non-hydrogen) atoms. The molecular formula is C19H34ClN. The summed E-state index contributed by atoms with van der Waals surface area (Å²) in [5.41, 5.74) is 1.44. The van der Waals surface area contributed by atoms with Gasteiger partial charge in [-0.05, 0) is 30.0 Å². The van der Waals surface area contributed by atoms with Gasteiger partial charge in [-0.2, -0.15) is 0 Å². The van der Waals surface area contributed by atoms with Crippen molar-refractivity contribution in [2.45, 2.75) is 90.4 Å². The average molecular weight is 312 g/mol. The van der Waals surface area contributed by atoms with Crippen molar-refractivity contribution in [2.24, 2.45) is 0 Å². The first-order valence-electron chi connectivity index (χ1n) is 8.74. The molecule has 0 bridgehead atoms. The van der Waals surface area contributed by atoms with Gasteiger partial charge in [-0.1, -0.05) is 78.1 Å². The summed E-state index contributed by atoms with van der Waals surface area (Å²) in [7, 11) is 0. The van der Waals surface area contributed by atoms with Crippen LogP contribution >= 0.6 is 12.4 Å². The number of hydrogen-bond acceptors (Lipinski definition) is 1. The first kappa shape index (κ1) is 20.4. The maximum absolute atomic E-state index is 4.08. The van der Waals surface area contributed by atoms with Crippen molar-refractivity contribution in [1.82, 2.24) is 4.98 Å². The SMILES string of the molecule is CCCCCCCCCCCCC(C)c1ccncc1.Cl. The van der Waals surface area contributed by atoms with E-state index in [-0.39, 0.29) is 12.4 Å². The summed E-state index contributed by atoms with van der Waals surface area (Å²) in [6.45, 7) is 4.62. The minimum absolute atomic E-state index is 0. The number of unbranched alkanes of at least 4 members (excludes halogenated alkanes) is 9. The molecule has 0 saturated heterocycles. The zero-order chi connectivity index (χ0) is 14.5. The van der Waals surface area contributed by atoms with E-state index in [2.05, 4.69) is 31.0 Å². The summed E-state index contributed by atoms with van der Waals surface area (Å²) in [5, 5.41) is 0. The van der Waals surface area contributed by atoms with Crippen molar-refractivity contribution in [1.29, 1.82) is 0 Å². The number of halogens is 1. The highest BCUT2D eigenvalue weighted by molar-refractivity contribution is 5.85. The minimum Gasteiger partial charge on any atom is -0.265 e. The molecule has 0 N–H and O–H groups in total. The molecule has 0 spiro atoms. The topological polar surface area (TPSA) is 12.9 Å². The van der Waals surface area contributed by atoms with Crippen LogP contribution in [-0.4, -0.2) is 4.98 Å². The molecule has 0 amide bonds. The van der Waals surface area contributed by atoms with Crippen LogP contribution in [0.1, 0.15) is 96.0 Å². The van der Waals surface area contributed by atoms with Crippen LogP contribution in [0.5, 0.6) is 0 Å². The molecule has 1 heterocycles. The fourth-order valence-corrected chi connectivity index (χ4v) is 2.80. The lowest BCUT2D eigenvalue weighted by Crippen LogP contribution is -1.93. The molecule has 0 radical (unpaired) electrons. The molecule has 2 heteroatoms. The standard InChI is InChI=1S/C19H33N.ClH/c1-3-4-5-6-7-8-9-10-11-12-13-18(2)19-14-16-20-17-15-19;/h14-18H,3-13H2,1-2H3;1H. The van der Waals surface area contributed by atoms with Crippen LogP contribution in [-0.2, 0) is 0 Å². The highest BCUT2D eigenvalue weighted by Gasteiger charge is 2.04. The van der Waals surface area contributed by atoms with E-state index < -0.39 is 0 Å². The Morgan fingerprint density at radius 1 is 0.810 bits per heavy atom. The van der Waals surface area contributed by atoms with E-state index in [1.54, 1.807) is 0 Å². The van der Waals surface area contributed by atoms with Crippen molar-refractivity contribution in [3.63, 3.8) is 0 Å². The second-order valence-corrected chi connectivity index (χ2v) is 6.15. The number of pyridine rings is 1. The summed E-state index contributed by atoms with van der Waals surface area (Å²) in [4.78, 5) is 4.08. The molecule has 1 atom stereocenters. The molecular weight excluding hydrogens is 278 g/mol. The first-order chi connectivity index (χ1) is 9.84. The van der Waals surface area contributed by atoms with Gasteiger partial charge < -0.3 is 0 Å². The molecule has 0 aliphatic rings. The van der Waals surface area contributed by atoms with Gasteiger partial charge in [0.2, 0.25) is 0 Å². The Morgan fingerprint density at radius 2 is 1.29 bits per heavy atom. The van der Waals surface area contributed by atoms with Gasteiger partial charge in [-0.3, -0.25) is 4.98 Å². The molecule has 122 valence electrons. The normalized spacial score (nSPS) is 11.9. The number of nitrogens with zero attached hydrogens (tertiary/aromatic N) is 1. The molecule has 0 fully saturated rings. The maximum Gasteiger partial charge on any atom is 0.0270 e. The highest BCUT2D eigenvalue weighted by atomic mass is 35.5. The summed E-state index contributed by atoms with van der Waals surface area (Å²) in [6.07, 6.45) is 19.4. The molecule has 1 unspecified atom stereocenters. The maximum atomic E-state index is 4.08. The second-order valence-electron chi connectivity index (χ2n) is 6.15. The van der Waals surface area contributed by atoms with Gasteiger partial charge in [0.1, 0.15) is 0 Å². The van der Waals surface area contributed by atoms with Gasteiger partial charge in [0.05, 0.1) is 0 Å². The smallest absolute Gasteiger partial charge is 0.0270 e. The Bertz CT molecular complexity index is 313. The summed E-state index contributed by atoms with van der Waals surface area (Å²) < 4.78 is 0. The van der Waals surface area contributed by atoms with Crippen LogP contribution in [0.4, 0.5) is 0 Å². The van der Waals surface area contributed by atoms with Crippen molar-refractivity contribution >= 4 is 12.4 Å². The molecule has 0 aliphatic carbocycles. The van der Waals surface area contributed by atoms with Gasteiger partial charge in [0, 0.05) is 12.4 Å². The van der Waals surface area contributed by atoms with E-state index in [1.165, 1.54) is 76.2 Å². The molecule has 0 saturated carbocycles. The molecule has 0 aliphatic heterocycles. The lowest BCUT2D eigenvalue weighted by atomic mass is 9.95. The van der Waals surface area contributed by atoms with Crippen LogP contribution in [0, 0.1) is 0 Å². The summed E-state index contributed by atoms with van der Waals surface area (Å²) in [6, 6.07) is 4.31. The van der Waals surface area contributed by atoms with Crippen molar-refractivity contribution in [3.8, 4) is 0 Å². The zero-order valence-corrected chi connectivity index (χ0v) is 14.8. The third-order valence-corrected chi connectivity index (χ3v) is 4.27. The summed E-state index contributed by atoms with van der Waals surface area (Å²) >= 11 is 0. The third kappa shape index (κ3) is 10.8. The number of rotatable bonds is 12. The zero-order valence-electron chi connectivity index (χ0n) is 14.0. The number of aromatic nitrogens is 1. The predicted molar refractivity (Wildman–Crippen MR) is 96.4 cm³/mol. The fourth-order valence-electron chi connectivity index (χ4n) is 2.80. The Balaban J connectivity index is 0.00000400.